The van der Waals surface area contributed by atoms with Gasteiger partial charge in [-0.15, -0.1) is 0 Å². The molecule has 6 heteroatoms. The van der Waals surface area contributed by atoms with Crippen LogP contribution in [0.1, 0.15) is 25.7 Å². The third-order valence-electron chi connectivity index (χ3n) is 4.58. The lowest BCUT2D eigenvalue weighted by Gasteiger charge is -2.21. The third-order valence-corrected chi connectivity index (χ3v) is 5.84. The molecule has 3 aromatic rings. The van der Waals surface area contributed by atoms with Crippen molar-refractivity contribution in [2.75, 3.05) is 0 Å². The van der Waals surface area contributed by atoms with E-state index < -0.39 is 0 Å². The molecule has 1 aliphatic rings. The second-order valence-corrected chi connectivity index (χ2v) is 7.52. The minimum Gasteiger partial charge on any atom is -0.298 e. The van der Waals surface area contributed by atoms with Gasteiger partial charge in [-0.2, -0.15) is 0 Å². The molecule has 1 aliphatic carbocycles. The second kappa shape index (κ2) is 7.03. The Bertz CT molecular complexity index is 1030. The molecule has 0 aliphatic heterocycles. The van der Waals surface area contributed by atoms with E-state index in [0.717, 1.165) is 19.3 Å². The predicted octanol–water partition coefficient (Wildman–Crippen LogP) is 4.13. The van der Waals surface area contributed by atoms with Crippen molar-refractivity contribution >= 4 is 28.4 Å². The molecule has 0 amide bonds. The highest BCUT2D eigenvalue weighted by molar-refractivity contribution is 8.00. The molecule has 1 saturated carbocycles. The van der Waals surface area contributed by atoms with Crippen LogP contribution in [0.2, 0.25) is 0 Å². The summed E-state index contributed by atoms with van der Waals surface area (Å²) < 4.78 is 14.8. The Hall–Kier alpha value is -2.47. The number of para-hydroxylation sites is 1. The molecule has 26 heavy (non-hydrogen) atoms. The van der Waals surface area contributed by atoms with E-state index in [0.29, 0.717) is 28.2 Å². The maximum atomic E-state index is 13.3. The Balaban J connectivity index is 1.89. The number of hydrogen-bond donors (Lipinski definition) is 0. The quantitative estimate of drug-likeness (QED) is 0.653. The van der Waals surface area contributed by atoms with Gasteiger partial charge in [-0.1, -0.05) is 30.3 Å². The number of rotatable bonds is 3. The fraction of sp³-hybridized carbons (Fsp3) is 0.250. The number of benzene rings is 2. The molecule has 4 rings (SSSR count). The normalized spacial score (nSPS) is 17.6. The maximum absolute atomic E-state index is 13.3. The first-order valence-electron chi connectivity index (χ1n) is 8.60. The molecule has 1 unspecified atom stereocenters. The van der Waals surface area contributed by atoms with Gasteiger partial charge in [0.1, 0.15) is 11.6 Å². The first-order valence-corrected chi connectivity index (χ1v) is 9.48. The molecule has 0 N–H and O–H groups in total. The number of fused-ring (bicyclic) bond motifs is 1. The molecule has 1 aromatic heterocycles. The molecule has 132 valence electrons. The minimum atomic E-state index is -0.368. The fourth-order valence-electron chi connectivity index (χ4n) is 3.21. The highest BCUT2D eigenvalue weighted by Crippen LogP contribution is 2.32. The minimum absolute atomic E-state index is 0.191. The average Bonchev–Trinajstić information content (AvgIpc) is 2.65. The second-order valence-electron chi connectivity index (χ2n) is 6.35. The third kappa shape index (κ3) is 3.17. The molecule has 1 heterocycles. The van der Waals surface area contributed by atoms with Crippen LogP contribution in [0.15, 0.2) is 58.5 Å². The maximum Gasteiger partial charge on any atom is 0.266 e. The van der Waals surface area contributed by atoms with Crippen molar-refractivity contribution in [1.29, 1.82) is 0 Å². The molecule has 0 spiro atoms. The zero-order valence-electron chi connectivity index (χ0n) is 14.0. The first kappa shape index (κ1) is 17.0. The van der Waals surface area contributed by atoms with E-state index in [1.807, 2.05) is 6.07 Å². The molecular weight excluding hydrogens is 351 g/mol. The van der Waals surface area contributed by atoms with Crippen molar-refractivity contribution in [1.82, 2.24) is 9.55 Å². The zero-order chi connectivity index (χ0) is 18.1. The van der Waals surface area contributed by atoms with Gasteiger partial charge in [-0.3, -0.25) is 14.2 Å². The van der Waals surface area contributed by atoms with Crippen LogP contribution in [0.3, 0.4) is 0 Å². The van der Waals surface area contributed by atoms with Crippen molar-refractivity contribution in [3.8, 4) is 5.69 Å². The van der Waals surface area contributed by atoms with Crippen LogP contribution >= 0.6 is 11.8 Å². The first-order chi connectivity index (χ1) is 12.6. The van der Waals surface area contributed by atoms with Crippen LogP contribution in [0.5, 0.6) is 0 Å². The van der Waals surface area contributed by atoms with Gasteiger partial charge in [0, 0.05) is 6.42 Å². The predicted molar refractivity (Wildman–Crippen MR) is 100 cm³/mol. The number of ketones is 1. The van der Waals surface area contributed by atoms with Crippen LogP contribution in [0, 0.1) is 5.82 Å². The Morgan fingerprint density at radius 2 is 1.81 bits per heavy atom. The molecule has 1 atom stereocenters. The summed E-state index contributed by atoms with van der Waals surface area (Å²) in [5.41, 5.74) is 0.926. The van der Waals surface area contributed by atoms with Crippen LogP contribution in [-0.4, -0.2) is 20.6 Å². The van der Waals surface area contributed by atoms with Crippen LogP contribution in [-0.2, 0) is 4.79 Å². The summed E-state index contributed by atoms with van der Waals surface area (Å²) in [6.07, 6.45) is 3.28. The van der Waals surface area contributed by atoms with Gasteiger partial charge < -0.3 is 0 Å². The average molecular weight is 368 g/mol. The summed E-state index contributed by atoms with van der Waals surface area (Å²) in [5.74, 6) is -0.165. The standard InChI is InChI=1S/C20H17FN2O2S/c21-13-9-11-14(12-10-13)23-19(25)15-5-1-2-6-16(15)22-20(23)26-18-8-4-3-7-17(18)24/h1-2,5-6,9-12,18H,3-4,7-8H2. The Morgan fingerprint density at radius 3 is 2.58 bits per heavy atom. The number of carbonyl (C=O) groups is 1. The number of Topliss-reactive ketones (excluding diaryl/α,β-unsaturated/α-hetero) is 1. The van der Waals surface area contributed by atoms with Crippen molar-refractivity contribution in [3.63, 3.8) is 0 Å². The Morgan fingerprint density at radius 1 is 1.04 bits per heavy atom. The van der Waals surface area contributed by atoms with Crippen molar-refractivity contribution in [3.05, 3.63) is 64.7 Å². The monoisotopic (exact) mass is 368 g/mol. The van der Waals surface area contributed by atoms with Gasteiger partial charge in [-0.05, 0) is 49.2 Å². The summed E-state index contributed by atoms with van der Waals surface area (Å²) in [5, 5.41) is 0.778. The topological polar surface area (TPSA) is 52.0 Å². The summed E-state index contributed by atoms with van der Waals surface area (Å²) in [7, 11) is 0. The molecule has 0 bridgehead atoms. The van der Waals surface area contributed by atoms with Crippen molar-refractivity contribution < 1.29 is 9.18 Å². The van der Waals surface area contributed by atoms with E-state index >= 15 is 0 Å². The van der Waals surface area contributed by atoms with E-state index in [4.69, 9.17) is 0 Å². The Kier molecular flexibility index (Phi) is 4.59. The summed E-state index contributed by atoms with van der Waals surface area (Å²) in [6.45, 7) is 0. The summed E-state index contributed by atoms with van der Waals surface area (Å²) >= 11 is 1.34. The van der Waals surface area contributed by atoms with Crippen LogP contribution < -0.4 is 5.56 Å². The van der Waals surface area contributed by atoms with Gasteiger partial charge in [0.15, 0.2) is 5.16 Å². The molecular formula is C20H17FN2O2S. The van der Waals surface area contributed by atoms with Gasteiger partial charge in [0.2, 0.25) is 0 Å². The fourth-order valence-corrected chi connectivity index (χ4v) is 4.45. The number of hydrogen-bond acceptors (Lipinski definition) is 4. The van der Waals surface area contributed by atoms with E-state index in [1.54, 1.807) is 30.3 Å². The molecule has 0 saturated heterocycles. The van der Waals surface area contributed by atoms with Gasteiger partial charge in [0.25, 0.3) is 5.56 Å². The lowest BCUT2D eigenvalue weighted by Crippen LogP contribution is -2.26. The van der Waals surface area contributed by atoms with Crippen molar-refractivity contribution in [2.45, 2.75) is 36.1 Å². The molecule has 4 nitrogen and oxygen atoms in total. The lowest BCUT2D eigenvalue weighted by atomic mass is 9.99. The van der Waals surface area contributed by atoms with Gasteiger partial charge >= 0.3 is 0 Å². The Labute approximate surface area is 154 Å². The van der Waals surface area contributed by atoms with E-state index in [-0.39, 0.29) is 22.4 Å². The largest absolute Gasteiger partial charge is 0.298 e. The number of halogens is 1. The zero-order valence-corrected chi connectivity index (χ0v) is 14.8. The highest BCUT2D eigenvalue weighted by atomic mass is 32.2. The number of thioether (sulfide) groups is 1. The molecule has 2 aromatic carbocycles. The van der Waals surface area contributed by atoms with Crippen molar-refractivity contribution in [2.24, 2.45) is 0 Å². The number of nitrogens with zero attached hydrogens (tertiary/aromatic N) is 2. The highest BCUT2D eigenvalue weighted by Gasteiger charge is 2.26. The van der Waals surface area contributed by atoms with E-state index in [9.17, 15) is 14.0 Å². The molecule has 1 fully saturated rings. The van der Waals surface area contributed by atoms with Crippen LogP contribution in [0.4, 0.5) is 4.39 Å². The van der Waals surface area contributed by atoms with E-state index in [2.05, 4.69) is 4.98 Å². The van der Waals surface area contributed by atoms with Gasteiger partial charge in [-0.25, -0.2) is 9.37 Å². The SMILES string of the molecule is O=C1CCCCC1Sc1nc2ccccc2c(=O)n1-c1ccc(F)cc1. The summed E-state index contributed by atoms with van der Waals surface area (Å²) in [4.78, 5) is 30.0. The van der Waals surface area contributed by atoms with Crippen LogP contribution in [0.25, 0.3) is 16.6 Å². The lowest BCUT2D eigenvalue weighted by molar-refractivity contribution is -0.119. The van der Waals surface area contributed by atoms with E-state index in [1.165, 1.54) is 28.5 Å². The smallest absolute Gasteiger partial charge is 0.266 e. The number of carbonyl (C=O) groups excluding carboxylic acids is 1. The summed E-state index contributed by atoms with van der Waals surface area (Å²) in [6, 6.07) is 12.9. The van der Waals surface area contributed by atoms with Gasteiger partial charge in [0.05, 0.1) is 21.8 Å². The number of aromatic nitrogens is 2. The molecule has 0 radical (unpaired) electrons.